The van der Waals surface area contributed by atoms with Crippen molar-refractivity contribution in [2.24, 2.45) is 0 Å². The highest BCUT2D eigenvalue weighted by Gasteiger charge is 2.29. The molecule has 10 heteroatoms. The summed E-state index contributed by atoms with van der Waals surface area (Å²) in [4.78, 5) is 12.9. The predicted molar refractivity (Wildman–Crippen MR) is 123 cm³/mol. The standard InChI is InChI=1S/C21H22N4O3S3/c1-15-9-10-17(13-18(15)31(27,28)25-11-5-6-12-25)19(26)22-20-23-24-21(30-20)29-14-16-7-3-2-4-8-16/h2-4,7-10,13H,5-6,11-12,14H2,1H3,(H,22,23,26). The van der Waals surface area contributed by atoms with Crippen molar-refractivity contribution < 1.29 is 13.2 Å². The zero-order chi connectivity index (χ0) is 21.8. The van der Waals surface area contributed by atoms with Crippen LogP contribution in [0.4, 0.5) is 5.13 Å². The number of rotatable bonds is 7. The van der Waals surface area contributed by atoms with E-state index in [9.17, 15) is 13.2 Å². The number of sulfonamides is 1. The Hall–Kier alpha value is -2.27. The fraction of sp³-hybridized carbons (Fsp3) is 0.286. The van der Waals surface area contributed by atoms with Crippen molar-refractivity contribution in [1.82, 2.24) is 14.5 Å². The van der Waals surface area contributed by atoms with E-state index < -0.39 is 15.9 Å². The molecule has 7 nitrogen and oxygen atoms in total. The van der Waals surface area contributed by atoms with Gasteiger partial charge in [0, 0.05) is 24.4 Å². The molecule has 1 amide bonds. The number of aromatic nitrogens is 2. The first kappa shape index (κ1) is 21.9. The van der Waals surface area contributed by atoms with Crippen LogP contribution in [0.3, 0.4) is 0 Å². The summed E-state index contributed by atoms with van der Waals surface area (Å²) in [6, 6.07) is 14.8. The van der Waals surface area contributed by atoms with E-state index in [1.54, 1.807) is 30.8 Å². The number of hydrogen-bond donors (Lipinski definition) is 1. The first-order chi connectivity index (χ1) is 14.9. The number of thioether (sulfide) groups is 1. The Morgan fingerprint density at radius 1 is 1.13 bits per heavy atom. The van der Waals surface area contributed by atoms with Crippen molar-refractivity contribution in [3.63, 3.8) is 0 Å². The van der Waals surface area contributed by atoms with Gasteiger partial charge in [-0.1, -0.05) is 59.5 Å². The number of nitrogens with one attached hydrogen (secondary N) is 1. The van der Waals surface area contributed by atoms with Crippen LogP contribution >= 0.6 is 23.1 Å². The molecule has 0 bridgehead atoms. The molecule has 1 saturated heterocycles. The van der Waals surface area contributed by atoms with Gasteiger partial charge in [-0.3, -0.25) is 10.1 Å². The highest BCUT2D eigenvalue weighted by atomic mass is 32.2. The van der Waals surface area contributed by atoms with Crippen LogP contribution in [0, 0.1) is 6.92 Å². The number of carbonyl (C=O) groups excluding carboxylic acids is 1. The maximum Gasteiger partial charge on any atom is 0.257 e. The van der Waals surface area contributed by atoms with Gasteiger partial charge in [-0.2, -0.15) is 4.31 Å². The van der Waals surface area contributed by atoms with E-state index in [1.165, 1.54) is 27.3 Å². The number of aryl methyl sites for hydroxylation is 1. The molecule has 0 unspecified atom stereocenters. The SMILES string of the molecule is Cc1ccc(C(=O)Nc2nnc(SCc3ccccc3)s2)cc1S(=O)(=O)N1CCCC1. The molecule has 162 valence electrons. The minimum absolute atomic E-state index is 0.179. The number of benzene rings is 2. The molecule has 2 heterocycles. The molecule has 0 aliphatic carbocycles. The van der Waals surface area contributed by atoms with Crippen LogP contribution in [0.5, 0.6) is 0 Å². The Bertz CT molecular complexity index is 1170. The van der Waals surface area contributed by atoms with Gasteiger partial charge in [-0.25, -0.2) is 8.42 Å². The van der Waals surface area contributed by atoms with Crippen molar-refractivity contribution >= 4 is 44.2 Å². The monoisotopic (exact) mass is 474 g/mol. The third-order valence-electron chi connectivity index (χ3n) is 4.97. The lowest BCUT2D eigenvalue weighted by molar-refractivity contribution is 0.102. The van der Waals surface area contributed by atoms with Gasteiger partial charge in [0.25, 0.3) is 5.91 Å². The lowest BCUT2D eigenvalue weighted by Gasteiger charge is -2.17. The summed E-state index contributed by atoms with van der Waals surface area (Å²) in [6.45, 7) is 2.78. The molecule has 1 aliphatic heterocycles. The summed E-state index contributed by atoms with van der Waals surface area (Å²) >= 11 is 2.84. The molecule has 2 aromatic carbocycles. The maximum absolute atomic E-state index is 13.0. The molecule has 31 heavy (non-hydrogen) atoms. The fourth-order valence-electron chi connectivity index (χ4n) is 3.29. The van der Waals surface area contributed by atoms with E-state index in [0.717, 1.165) is 22.9 Å². The van der Waals surface area contributed by atoms with Gasteiger partial charge < -0.3 is 0 Å². The average molecular weight is 475 g/mol. The third-order valence-corrected chi connectivity index (χ3v) is 9.05. The van der Waals surface area contributed by atoms with Crippen LogP contribution < -0.4 is 5.32 Å². The molecular weight excluding hydrogens is 452 g/mol. The highest BCUT2D eigenvalue weighted by Crippen LogP contribution is 2.29. The second kappa shape index (κ2) is 9.47. The minimum Gasteiger partial charge on any atom is -0.296 e. The third kappa shape index (κ3) is 5.15. The summed E-state index contributed by atoms with van der Waals surface area (Å²) < 4.78 is 28.1. The first-order valence-corrected chi connectivity index (χ1v) is 13.1. The lowest BCUT2D eigenvalue weighted by atomic mass is 10.1. The molecule has 0 radical (unpaired) electrons. The van der Waals surface area contributed by atoms with E-state index in [2.05, 4.69) is 15.5 Å². The second-order valence-corrected chi connectivity index (χ2v) is 11.3. The van der Waals surface area contributed by atoms with Gasteiger partial charge in [0.1, 0.15) is 0 Å². The summed E-state index contributed by atoms with van der Waals surface area (Å²) in [6.07, 6.45) is 1.72. The van der Waals surface area contributed by atoms with Gasteiger partial charge in [-0.15, -0.1) is 10.2 Å². The Labute approximate surface area is 189 Å². The van der Waals surface area contributed by atoms with Gasteiger partial charge in [0.05, 0.1) is 4.90 Å². The van der Waals surface area contributed by atoms with E-state index in [4.69, 9.17) is 0 Å². The number of anilines is 1. The van der Waals surface area contributed by atoms with Gasteiger partial charge in [0.15, 0.2) is 4.34 Å². The number of carbonyl (C=O) groups is 1. The van der Waals surface area contributed by atoms with Crippen molar-refractivity contribution in [1.29, 1.82) is 0 Å². The predicted octanol–water partition coefficient (Wildman–Crippen LogP) is 4.18. The van der Waals surface area contributed by atoms with E-state index >= 15 is 0 Å². The normalized spacial score (nSPS) is 14.6. The fourth-order valence-corrected chi connectivity index (χ4v) is 6.76. The lowest BCUT2D eigenvalue weighted by Crippen LogP contribution is -2.28. The molecule has 4 rings (SSSR count). The van der Waals surface area contributed by atoms with Crippen molar-refractivity contribution in [2.45, 2.75) is 34.8 Å². The average Bonchev–Trinajstić information content (AvgIpc) is 3.46. The topological polar surface area (TPSA) is 92.3 Å². The molecule has 1 fully saturated rings. The smallest absolute Gasteiger partial charge is 0.257 e. The molecule has 1 aliphatic rings. The Morgan fingerprint density at radius 3 is 2.61 bits per heavy atom. The summed E-state index contributed by atoms with van der Waals surface area (Å²) in [7, 11) is -3.60. The quantitative estimate of drug-likeness (QED) is 0.408. The summed E-state index contributed by atoms with van der Waals surface area (Å²) in [5, 5.41) is 11.3. The Kier molecular flexibility index (Phi) is 6.71. The molecule has 3 aromatic rings. The van der Waals surface area contributed by atoms with E-state index in [1.807, 2.05) is 30.3 Å². The molecule has 0 saturated carbocycles. The van der Waals surface area contributed by atoms with E-state index in [-0.39, 0.29) is 10.5 Å². The van der Waals surface area contributed by atoms with Crippen LogP contribution in [0.1, 0.15) is 34.3 Å². The first-order valence-electron chi connectivity index (χ1n) is 9.86. The zero-order valence-electron chi connectivity index (χ0n) is 16.9. The number of nitrogens with zero attached hydrogens (tertiary/aromatic N) is 3. The van der Waals surface area contributed by atoms with Crippen molar-refractivity contribution in [3.8, 4) is 0 Å². The van der Waals surface area contributed by atoms with Crippen molar-refractivity contribution in [3.05, 3.63) is 65.2 Å². The van der Waals surface area contributed by atoms with Crippen LogP contribution in [-0.4, -0.2) is 41.9 Å². The second-order valence-electron chi connectivity index (χ2n) is 7.19. The molecular formula is C21H22N4O3S3. The molecule has 0 atom stereocenters. The van der Waals surface area contributed by atoms with Crippen LogP contribution in [0.2, 0.25) is 0 Å². The van der Waals surface area contributed by atoms with Crippen LogP contribution in [-0.2, 0) is 15.8 Å². The Morgan fingerprint density at radius 2 is 1.87 bits per heavy atom. The van der Waals surface area contributed by atoms with Gasteiger partial charge in [0.2, 0.25) is 15.2 Å². The van der Waals surface area contributed by atoms with Crippen LogP contribution in [0.15, 0.2) is 57.8 Å². The molecule has 0 spiro atoms. The summed E-state index contributed by atoms with van der Waals surface area (Å²) in [5.41, 5.74) is 2.08. The van der Waals surface area contributed by atoms with Gasteiger partial charge >= 0.3 is 0 Å². The Balaban J connectivity index is 1.45. The number of hydrogen-bond acceptors (Lipinski definition) is 7. The molecule has 1 aromatic heterocycles. The minimum atomic E-state index is -3.60. The number of amides is 1. The summed E-state index contributed by atoms with van der Waals surface area (Å²) in [5.74, 6) is 0.354. The van der Waals surface area contributed by atoms with Crippen LogP contribution in [0.25, 0.3) is 0 Å². The molecule has 1 N–H and O–H groups in total. The van der Waals surface area contributed by atoms with E-state index in [0.29, 0.717) is 23.8 Å². The maximum atomic E-state index is 13.0. The zero-order valence-corrected chi connectivity index (χ0v) is 19.4. The largest absolute Gasteiger partial charge is 0.296 e. The highest BCUT2D eigenvalue weighted by molar-refractivity contribution is 8.00. The van der Waals surface area contributed by atoms with Gasteiger partial charge in [-0.05, 0) is 43.0 Å². The van der Waals surface area contributed by atoms with Crippen molar-refractivity contribution in [2.75, 3.05) is 18.4 Å².